The molecule has 0 bridgehead atoms. The third-order valence-electron chi connectivity index (χ3n) is 7.46. The second-order valence-corrected chi connectivity index (χ2v) is 10.4. The highest BCUT2D eigenvalue weighted by Crippen LogP contribution is 2.32. The van der Waals surface area contributed by atoms with E-state index in [1.165, 1.54) is 38.6 Å². The van der Waals surface area contributed by atoms with Crippen LogP contribution in [-0.4, -0.2) is 4.57 Å². The Kier molecular flexibility index (Phi) is 8.28. The normalized spacial score (nSPS) is 12.3. The van der Waals surface area contributed by atoms with Gasteiger partial charge in [-0.3, -0.25) is 0 Å². The minimum Gasteiger partial charge on any atom is -0.309 e. The van der Waals surface area contributed by atoms with E-state index in [1.807, 2.05) is 13.0 Å². The molecule has 0 fully saturated rings. The Morgan fingerprint density at radius 1 is 0.643 bits per heavy atom. The van der Waals surface area contributed by atoms with Gasteiger partial charge in [-0.2, -0.15) is 0 Å². The maximum atomic E-state index is 3.53. The van der Waals surface area contributed by atoms with E-state index in [0.29, 0.717) is 0 Å². The van der Waals surface area contributed by atoms with Crippen LogP contribution >= 0.6 is 0 Å². The van der Waals surface area contributed by atoms with Gasteiger partial charge in [0.2, 0.25) is 0 Å². The molecule has 0 saturated carbocycles. The lowest BCUT2D eigenvalue weighted by Crippen LogP contribution is -2.30. The molecule has 6 rings (SSSR count). The van der Waals surface area contributed by atoms with Crippen LogP contribution in [0.5, 0.6) is 0 Å². The number of fused-ring (bicyclic) bond motifs is 3. The lowest BCUT2D eigenvalue weighted by Gasteiger charge is -2.17. The minimum absolute atomic E-state index is 0.788. The fraction of sp³-hybridized carbons (Fsp3) is 0.0769. The first-order chi connectivity index (χ1) is 20.8. The van der Waals surface area contributed by atoms with E-state index in [1.54, 1.807) is 0 Å². The molecule has 0 aliphatic heterocycles. The number of hydrogen-bond acceptors (Lipinski definition) is 2. The highest BCUT2D eigenvalue weighted by molar-refractivity contribution is 6.09. The molecule has 1 heterocycles. The molecule has 1 aromatic heterocycles. The Hall–Kier alpha value is -5.28. The first kappa shape index (κ1) is 26.9. The van der Waals surface area contributed by atoms with Crippen LogP contribution in [0.3, 0.4) is 0 Å². The molecule has 6 aromatic rings. The predicted octanol–water partition coefficient (Wildman–Crippen LogP) is 9.16. The molecular weight excluding hydrogens is 510 g/mol. The summed E-state index contributed by atoms with van der Waals surface area (Å²) in [4.78, 5) is 0. The SMILES string of the molecule is C/C=C\C=C(/Cc1ccccc1)NN/C(=C\Cc1cccc(-n2c3ccccc3c3ccccc32)c1)c1ccccc1. The van der Waals surface area contributed by atoms with Gasteiger partial charge in [-0.05, 0) is 60.4 Å². The molecule has 0 amide bonds. The maximum Gasteiger partial charge on any atom is 0.0575 e. The molecule has 0 atom stereocenters. The van der Waals surface area contributed by atoms with Gasteiger partial charge in [0.1, 0.15) is 0 Å². The van der Waals surface area contributed by atoms with Crippen molar-refractivity contribution in [2.75, 3.05) is 0 Å². The van der Waals surface area contributed by atoms with Crippen molar-refractivity contribution in [1.82, 2.24) is 15.4 Å². The summed E-state index contributed by atoms with van der Waals surface area (Å²) in [6.07, 6.45) is 10.1. The molecule has 0 saturated heterocycles. The molecule has 0 aliphatic carbocycles. The van der Waals surface area contributed by atoms with Gasteiger partial charge in [0.15, 0.2) is 0 Å². The lowest BCUT2D eigenvalue weighted by atomic mass is 10.1. The molecule has 42 heavy (non-hydrogen) atoms. The number of rotatable bonds is 10. The van der Waals surface area contributed by atoms with Crippen molar-refractivity contribution in [2.24, 2.45) is 0 Å². The van der Waals surface area contributed by atoms with Gasteiger partial charge in [0, 0.05) is 28.6 Å². The van der Waals surface area contributed by atoms with Crippen LogP contribution in [0.15, 0.2) is 163 Å². The van der Waals surface area contributed by atoms with Gasteiger partial charge in [0.25, 0.3) is 0 Å². The average molecular weight is 546 g/mol. The number of para-hydroxylation sites is 2. The number of hydrogen-bond donors (Lipinski definition) is 2. The zero-order valence-electron chi connectivity index (χ0n) is 23.9. The molecule has 0 unspecified atom stereocenters. The Morgan fingerprint density at radius 2 is 1.26 bits per heavy atom. The van der Waals surface area contributed by atoms with Gasteiger partial charge in [-0.15, -0.1) is 0 Å². The first-order valence-electron chi connectivity index (χ1n) is 14.5. The molecule has 0 spiro atoms. The van der Waals surface area contributed by atoms with Gasteiger partial charge < -0.3 is 15.4 Å². The van der Waals surface area contributed by atoms with Crippen molar-refractivity contribution in [2.45, 2.75) is 19.8 Å². The minimum atomic E-state index is 0.788. The van der Waals surface area contributed by atoms with E-state index in [2.05, 4.69) is 167 Å². The molecule has 3 heteroatoms. The van der Waals surface area contributed by atoms with E-state index < -0.39 is 0 Å². The molecule has 5 aromatic carbocycles. The first-order valence-corrected chi connectivity index (χ1v) is 14.5. The molecule has 0 aliphatic rings. The molecule has 2 N–H and O–H groups in total. The van der Waals surface area contributed by atoms with E-state index in [4.69, 9.17) is 0 Å². The van der Waals surface area contributed by atoms with Crippen molar-refractivity contribution in [3.8, 4) is 5.69 Å². The average Bonchev–Trinajstić information content (AvgIpc) is 3.39. The van der Waals surface area contributed by atoms with Gasteiger partial charge in [-0.25, -0.2) is 0 Å². The Balaban J connectivity index is 1.29. The van der Waals surface area contributed by atoms with Crippen LogP contribution in [0.1, 0.15) is 23.6 Å². The number of benzene rings is 5. The summed E-state index contributed by atoms with van der Waals surface area (Å²) >= 11 is 0. The topological polar surface area (TPSA) is 29.0 Å². The molecule has 206 valence electrons. The maximum absolute atomic E-state index is 3.53. The number of allylic oxidation sites excluding steroid dienone is 5. The standard InChI is InChI=1S/C39H35N3/c1-2-3-20-33(28-30-15-6-4-7-16-30)40-41-37(32-18-8-5-9-19-32)27-26-31-17-14-21-34(29-31)42-38-24-12-10-22-35(38)36-23-11-13-25-39(36)42/h2-25,27,29,40-41H,26,28H2,1H3/b3-2-,33-20+,37-27-. The Labute approximate surface area is 248 Å². The van der Waals surface area contributed by atoms with Gasteiger partial charge in [0.05, 0.1) is 16.7 Å². The Bertz CT molecular complexity index is 1820. The summed E-state index contributed by atoms with van der Waals surface area (Å²) in [5.74, 6) is 0. The van der Waals surface area contributed by atoms with Crippen LogP contribution in [-0.2, 0) is 12.8 Å². The summed E-state index contributed by atoms with van der Waals surface area (Å²) < 4.78 is 2.37. The quantitative estimate of drug-likeness (QED) is 0.133. The molecular formula is C39H35N3. The summed E-state index contributed by atoms with van der Waals surface area (Å²) in [7, 11) is 0. The predicted molar refractivity (Wildman–Crippen MR) is 178 cm³/mol. The largest absolute Gasteiger partial charge is 0.309 e. The second-order valence-electron chi connectivity index (χ2n) is 10.4. The molecule has 0 radical (unpaired) electrons. The molecule has 3 nitrogen and oxygen atoms in total. The summed E-state index contributed by atoms with van der Waals surface area (Å²) in [6, 6.07) is 47.2. The van der Waals surface area contributed by atoms with E-state index in [0.717, 1.165) is 29.8 Å². The van der Waals surface area contributed by atoms with Crippen molar-refractivity contribution in [3.05, 3.63) is 180 Å². The van der Waals surface area contributed by atoms with E-state index >= 15 is 0 Å². The summed E-state index contributed by atoms with van der Waals surface area (Å²) in [5.41, 5.74) is 16.4. The van der Waals surface area contributed by atoms with Crippen molar-refractivity contribution < 1.29 is 0 Å². The fourth-order valence-corrected chi connectivity index (χ4v) is 5.42. The third-order valence-corrected chi connectivity index (χ3v) is 7.46. The van der Waals surface area contributed by atoms with E-state index in [-0.39, 0.29) is 0 Å². The monoisotopic (exact) mass is 545 g/mol. The van der Waals surface area contributed by atoms with Crippen LogP contribution in [0.2, 0.25) is 0 Å². The summed E-state index contributed by atoms with van der Waals surface area (Å²) in [5, 5.41) is 2.55. The van der Waals surface area contributed by atoms with E-state index in [9.17, 15) is 0 Å². The second kappa shape index (κ2) is 12.9. The number of hydrazine groups is 1. The third kappa shape index (κ3) is 6.06. The highest BCUT2D eigenvalue weighted by Gasteiger charge is 2.11. The van der Waals surface area contributed by atoms with Crippen molar-refractivity contribution in [1.29, 1.82) is 0 Å². The summed E-state index contributed by atoms with van der Waals surface area (Å²) in [6.45, 7) is 2.03. The number of nitrogens with one attached hydrogen (secondary N) is 2. The fourth-order valence-electron chi connectivity index (χ4n) is 5.42. The number of aromatic nitrogens is 1. The van der Waals surface area contributed by atoms with Crippen LogP contribution in [0.25, 0.3) is 33.2 Å². The van der Waals surface area contributed by atoms with Crippen LogP contribution in [0, 0.1) is 0 Å². The smallest absolute Gasteiger partial charge is 0.0575 e. The Morgan fingerprint density at radius 3 is 1.95 bits per heavy atom. The lowest BCUT2D eigenvalue weighted by molar-refractivity contribution is 0.721. The van der Waals surface area contributed by atoms with Gasteiger partial charge >= 0.3 is 0 Å². The zero-order chi connectivity index (χ0) is 28.6. The van der Waals surface area contributed by atoms with Crippen LogP contribution in [0.4, 0.5) is 0 Å². The van der Waals surface area contributed by atoms with Crippen LogP contribution < -0.4 is 10.9 Å². The van der Waals surface area contributed by atoms with Crippen molar-refractivity contribution >= 4 is 27.5 Å². The number of nitrogens with zero attached hydrogens (tertiary/aromatic N) is 1. The van der Waals surface area contributed by atoms with Gasteiger partial charge in [-0.1, -0.05) is 127 Å². The van der Waals surface area contributed by atoms with Crippen molar-refractivity contribution in [3.63, 3.8) is 0 Å². The highest BCUT2D eigenvalue weighted by atomic mass is 15.4. The zero-order valence-corrected chi connectivity index (χ0v) is 23.9.